The van der Waals surface area contributed by atoms with Gasteiger partial charge in [0.1, 0.15) is 17.3 Å². The Kier molecular flexibility index (Phi) is 5.96. The van der Waals surface area contributed by atoms with Crippen LogP contribution in [0, 0.1) is 0 Å². The third kappa shape index (κ3) is 5.49. The lowest BCUT2D eigenvalue weighted by atomic mass is 10.1. The van der Waals surface area contributed by atoms with Crippen LogP contribution < -0.4 is 16.1 Å². The smallest absolute Gasteiger partial charge is 0.431 e. The first kappa shape index (κ1) is 22.3. The van der Waals surface area contributed by atoms with Gasteiger partial charge in [-0.15, -0.1) is 0 Å². The summed E-state index contributed by atoms with van der Waals surface area (Å²) >= 11 is 0. The monoisotopic (exact) mass is 413 g/mol. The number of halogens is 3. The van der Waals surface area contributed by atoms with E-state index in [1.165, 1.54) is 32.2 Å². The zero-order valence-corrected chi connectivity index (χ0v) is 16.6. The summed E-state index contributed by atoms with van der Waals surface area (Å²) in [5, 5.41) is 4.95. The Balaban J connectivity index is 2.26. The van der Waals surface area contributed by atoms with Gasteiger partial charge in [-0.3, -0.25) is 9.59 Å². The lowest BCUT2D eigenvalue weighted by molar-refractivity contribution is -0.143. The molecule has 0 spiro atoms. The predicted octanol–water partition coefficient (Wildman–Crippen LogP) is 3.41. The molecule has 10 heteroatoms. The number of aromatic nitrogens is 1. The number of amides is 2. The van der Waals surface area contributed by atoms with Gasteiger partial charge in [-0.1, -0.05) is 0 Å². The SMILES string of the molecule is C[C@H](NC(=O)OC(C)(C)C)C(=O)Nc1ccc2c(=O)cc(C(F)(F)F)n(C)c2c1. The van der Waals surface area contributed by atoms with E-state index in [0.717, 1.165) is 4.57 Å². The molecule has 0 saturated carbocycles. The van der Waals surface area contributed by atoms with Crippen molar-refractivity contribution >= 4 is 28.6 Å². The van der Waals surface area contributed by atoms with Gasteiger partial charge in [0.15, 0.2) is 5.43 Å². The van der Waals surface area contributed by atoms with E-state index in [0.29, 0.717) is 6.07 Å². The minimum absolute atomic E-state index is 0.00961. The number of alkyl halides is 3. The molecule has 158 valence electrons. The first-order valence-electron chi connectivity index (χ1n) is 8.70. The second kappa shape index (κ2) is 7.76. The highest BCUT2D eigenvalue weighted by molar-refractivity contribution is 5.97. The molecule has 2 amide bonds. The quantitative estimate of drug-likeness (QED) is 0.807. The van der Waals surface area contributed by atoms with Gasteiger partial charge in [0, 0.05) is 24.2 Å². The lowest BCUT2D eigenvalue weighted by Gasteiger charge is -2.21. The first-order valence-corrected chi connectivity index (χ1v) is 8.70. The van der Waals surface area contributed by atoms with Crippen molar-refractivity contribution in [2.75, 3.05) is 5.32 Å². The van der Waals surface area contributed by atoms with E-state index in [4.69, 9.17) is 4.74 Å². The molecule has 0 aliphatic carbocycles. The maximum atomic E-state index is 13.1. The van der Waals surface area contributed by atoms with E-state index in [2.05, 4.69) is 10.6 Å². The summed E-state index contributed by atoms with van der Waals surface area (Å²) in [5.74, 6) is -0.604. The summed E-state index contributed by atoms with van der Waals surface area (Å²) in [7, 11) is 1.18. The summed E-state index contributed by atoms with van der Waals surface area (Å²) in [6.07, 6.45) is -5.48. The highest BCUT2D eigenvalue weighted by Crippen LogP contribution is 2.30. The molecule has 0 aliphatic rings. The lowest BCUT2D eigenvalue weighted by Crippen LogP contribution is -2.43. The van der Waals surface area contributed by atoms with Crippen LogP contribution in [0.5, 0.6) is 0 Å². The molecule has 0 aliphatic heterocycles. The Morgan fingerprint density at radius 1 is 1.14 bits per heavy atom. The fraction of sp³-hybridized carbons (Fsp3) is 0.421. The highest BCUT2D eigenvalue weighted by Gasteiger charge is 2.34. The largest absolute Gasteiger partial charge is 0.444 e. The topological polar surface area (TPSA) is 89.4 Å². The number of nitrogens with zero attached hydrogens (tertiary/aromatic N) is 1. The number of fused-ring (bicyclic) bond motifs is 1. The van der Waals surface area contributed by atoms with Gasteiger partial charge in [-0.25, -0.2) is 4.79 Å². The van der Waals surface area contributed by atoms with Crippen molar-refractivity contribution in [2.24, 2.45) is 7.05 Å². The number of aryl methyl sites for hydroxylation is 1. The van der Waals surface area contributed by atoms with E-state index in [9.17, 15) is 27.6 Å². The second-order valence-corrected chi connectivity index (χ2v) is 7.54. The van der Waals surface area contributed by atoms with Gasteiger partial charge in [0.25, 0.3) is 0 Å². The Bertz CT molecular complexity index is 1010. The molecule has 0 saturated heterocycles. The minimum Gasteiger partial charge on any atom is -0.444 e. The number of nitrogens with one attached hydrogen (secondary N) is 2. The van der Waals surface area contributed by atoms with Crippen molar-refractivity contribution in [1.82, 2.24) is 9.88 Å². The van der Waals surface area contributed by atoms with Crippen molar-refractivity contribution in [2.45, 2.75) is 45.5 Å². The third-order valence-electron chi connectivity index (χ3n) is 3.94. The standard InChI is InChI=1S/C19H22F3N3O4/c1-10(23-17(28)29-18(2,3)4)16(27)24-11-6-7-12-13(8-11)25(5)15(9-14(12)26)19(20,21)22/h6-10H,1-5H3,(H,23,28)(H,24,27)/t10-/m0/s1. The molecule has 1 aromatic carbocycles. The molecule has 1 atom stereocenters. The zero-order chi connectivity index (χ0) is 22.1. The van der Waals surface area contributed by atoms with Crippen LogP contribution in [0.3, 0.4) is 0 Å². The van der Waals surface area contributed by atoms with E-state index >= 15 is 0 Å². The van der Waals surface area contributed by atoms with Gasteiger partial charge < -0.3 is 19.9 Å². The molecular formula is C19H22F3N3O4. The normalized spacial score (nSPS) is 13.1. The average molecular weight is 413 g/mol. The number of rotatable bonds is 3. The van der Waals surface area contributed by atoms with E-state index < -0.39 is 40.9 Å². The van der Waals surface area contributed by atoms with Crippen LogP contribution >= 0.6 is 0 Å². The fourth-order valence-corrected chi connectivity index (χ4v) is 2.60. The number of hydrogen-bond donors (Lipinski definition) is 2. The van der Waals surface area contributed by atoms with Crippen LogP contribution in [0.4, 0.5) is 23.7 Å². The first-order chi connectivity index (χ1) is 13.2. The molecule has 0 unspecified atom stereocenters. The molecule has 7 nitrogen and oxygen atoms in total. The van der Waals surface area contributed by atoms with Crippen molar-refractivity contribution in [1.29, 1.82) is 0 Å². The van der Waals surface area contributed by atoms with Crippen LogP contribution in [-0.2, 0) is 22.8 Å². The number of carbonyl (C=O) groups excluding carboxylic acids is 2. The van der Waals surface area contributed by atoms with Crippen LogP contribution in [0.25, 0.3) is 10.9 Å². The Hall–Kier alpha value is -3.04. The fourth-order valence-electron chi connectivity index (χ4n) is 2.60. The summed E-state index contributed by atoms with van der Waals surface area (Å²) < 4.78 is 45.3. The third-order valence-corrected chi connectivity index (χ3v) is 3.94. The summed E-state index contributed by atoms with van der Waals surface area (Å²) in [6, 6.07) is 3.57. The van der Waals surface area contributed by atoms with Crippen molar-refractivity contribution < 1.29 is 27.5 Å². The van der Waals surface area contributed by atoms with Crippen LogP contribution in [0.15, 0.2) is 29.1 Å². The number of pyridine rings is 1. The molecule has 0 fully saturated rings. The Labute approximate surface area is 164 Å². The molecule has 29 heavy (non-hydrogen) atoms. The Morgan fingerprint density at radius 2 is 1.76 bits per heavy atom. The van der Waals surface area contributed by atoms with Crippen molar-refractivity contribution in [3.8, 4) is 0 Å². The highest BCUT2D eigenvalue weighted by atomic mass is 19.4. The molecule has 0 bridgehead atoms. The maximum absolute atomic E-state index is 13.1. The minimum atomic E-state index is -4.70. The molecule has 1 heterocycles. The number of hydrogen-bond acceptors (Lipinski definition) is 4. The van der Waals surface area contributed by atoms with Crippen molar-refractivity contribution in [3.63, 3.8) is 0 Å². The molecule has 2 N–H and O–H groups in total. The molecular weight excluding hydrogens is 391 g/mol. The summed E-state index contributed by atoms with van der Waals surface area (Å²) in [4.78, 5) is 36.1. The molecule has 1 aromatic heterocycles. The zero-order valence-electron chi connectivity index (χ0n) is 16.6. The van der Waals surface area contributed by atoms with Gasteiger partial charge in [0.05, 0.1) is 5.52 Å². The maximum Gasteiger partial charge on any atom is 0.431 e. The second-order valence-electron chi connectivity index (χ2n) is 7.54. The number of benzene rings is 1. The van der Waals surface area contributed by atoms with Gasteiger partial charge >= 0.3 is 12.3 Å². The summed E-state index contributed by atoms with van der Waals surface area (Å²) in [5.41, 5.74) is -2.42. The van der Waals surface area contributed by atoms with Gasteiger partial charge in [-0.2, -0.15) is 13.2 Å². The number of anilines is 1. The van der Waals surface area contributed by atoms with E-state index in [-0.39, 0.29) is 16.6 Å². The summed E-state index contributed by atoms with van der Waals surface area (Å²) in [6.45, 7) is 6.45. The number of ether oxygens (including phenoxy) is 1. The predicted molar refractivity (Wildman–Crippen MR) is 102 cm³/mol. The van der Waals surface area contributed by atoms with Crippen LogP contribution in [0.1, 0.15) is 33.4 Å². The molecule has 2 aromatic rings. The van der Waals surface area contributed by atoms with Gasteiger partial charge in [0.2, 0.25) is 5.91 Å². The van der Waals surface area contributed by atoms with E-state index in [1.54, 1.807) is 20.8 Å². The number of carbonyl (C=O) groups is 2. The average Bonchev–Trinajstić information content (AvgIpc) is 2.55. The molecule has 2 rings (SSSR count). The Morgan fingerprint density at radius 3 is 2.31 bits per heavy atom. The van der Waals surface area contributed by atoms with Crippen LogP contribution in [-0.4, -0.2) is 28.2 Å². The molecule has 0 radical (unpaired) electrons. The number of alkyl carbamates (subject to hydrolysis) is 1. The van der Waals surface area contributed by atoms with Crippen molar-refractivity contribution in [3.05, 3.63) is 40.2 Å². The van der Waals surface area contributed by atoms with E-state index in [1.807, 2.05) is 0 Å². The van der Waals surface area contributed by atoms with Gasteiger partial charge in [-0.05, 0) is 45.9 Å². The van der Waals surface area contributed by atoms with Crippen LogP contribution in [0.2, 0.25) is 0 Å².